The summed E-state index contributed by atoms with van der Waals surface area (Å²) < 4.78 is 12.2. The molecule has 136 valence electrons. The maximum absolute atomic E-state index is 6.76. The van der Waals surface area contributed by atoms with Gasteiger partial charge in [-0.15, -0.1) is 0 Å². The lowest BCUT2D eigenvalue weighted by Crippen LogP contribution is -2.41. The number of hydrogen-bond acceptors (Lipinski definition) is 4. The highest BCUT2D eigenvalue weighted by molar-refractivity contribution is 5.76. The van der Waals surface area contributed by atoms with Gasteiger partial charge in [0.1, 0.15) is 24.7 Å². The first kappa shape index (κ1) is 15.5. The third-order valence-corrected chi connectivity index (χ3v) is 6.68. The van der Waals surface area contributed by atoms with Crippen molar-refractivity contribution in [3.8, 4) is 0 Å². The fourth-order valence-electron chi connectivity index (χ4n) is 5.44. The molecule has 0 radical (unpaired) electrons. The van der Waals surface area contributed by atoms with Crippen molar-refractivity contribution < 1.29 is 9.47 Å². The molecule has 0 spiro atoms. The lowest BCUT2D eigenvalue weighted by atomic mass is 9.80. The van der Waals surface area contributed by atoms with Crippen LogP contribution in [0.2, 0.25) is 0 Å². The third kappa shape index (κ3) is 2.00. The Balaban J connectivity index is 1.46. The van der Waals surface area contributed by atoms with E-state index in [9.17, 15) is 0 Å². The average Bonchev–Trinajstić information content (AvgIpc) is 3.43. The monoisotopic (exact) mass is 358 g/mol. The Hall–Kier alpha value is -2.56. The number of rotatable bonds is 0. The van der Waals surface area contributed by atoms with Gasteiger partial charge in [-0.3, -0.25) is 0 Å². The maximum atomic E-state index is 6.76. The molecule has 27 heavy (non-hydrogen) atoms. The van der Waals surface area contributed by atoms with Gasteiger partial charge in [-0.05, 0) is 17.6 Å². The zero-order chi connectivity index (χ0) is 18.1. The molecule has 0 saturated heterocycles. The molecule has 4 aliphatic rings. The summed E-state index contributed by atoms with van der Waals surface area (Å²) in [5, 5.41) is 0. The van der Waals surface area contributed by atoms with Crippen molar-refractivity contribution in [3.63, 3.8) is 0 Å². The minimum absolute atomic E-state index is 0.0604. The Bertz CT molecular complexity index is 941. The van der Waals surface area contributed by atoms with E-state index in [2.05, 4.69) is 48.5 Å². The summed E-state index contributed by atoms with van der Waals surface area (Å²) in [7, 11) is 0. The molecule has 0 amide bonds. The molecule has 4 nitrogen and oxygen atoms in total. The molecule has 2 saturated carbocycles. The first-order valence-corrected chi connectivity index (χ1v) is 9.65. The van der Waals surface area contributed by atoms with Gasteiger partial charge in [-0.25, -0.2) is 0 Å². The van der Waals surface area contributed by atoms with Crippen molar-refractivity contribution in [2.45, 2.75) is 31.7 Å². The van der Waals surface area contributed by atoms with Crippen LogP contribution < -0.4 is 11.5 Å². The van der Waals surface area contributed by atoms with Crippen LogP contribution in [0, 0.1) is 11.8 Å². The lowest BCUT2D eigenvalue weighted by Gasteiger charge is -2.31. The fraction of sp³-hybridized carbons (Fsp3) is 0.304. The summed E-state index contributed by atoms with van der Waals surface area (Å²) >= 11 is 0. The molecule has 4 heteroatoms. The number of benzene rings is 2. The molecule has 2 aliphatic heterocycles. The third-order valence-electron chi connectivity index (χ3n) is 6.68. The van der Waals surface area contributed by atoms with Gasteiger partial charge in [0, 0.05) is 46.2 Å². The Kier molecular flexibility index (Phi) is 3.14. The molecule has 2 aliphatic carbocycles. The molecular weight excluding hydrogens is 336 g/mol. The maximum Gasteiger partial charge on any atom is 0.128 e. The summed E-state index contributed by atoms with van der Waals surface area (Å²) in [6.07, 6.45) is 0.983. The molecule has 6 rings (SSSR count). The molecule has 2 fully saturated rings. The highest BCUT2D eigenvalue weighted by Gasteiger charge is 2.54. The number of hydrogen-bond donors (Lipinski definition) is 2. The quantitative estimate of drug-likeness (QED) is 0.759. The van der Waals surface area contributed by atoms with Crippen LogP contribution in [0.4, 0.5) is 0 Å². The van der Waals surface area contributed by atoms with Gasteiger partial charge in [0.05, 0.1) is 0 Å². The van der Waals surface area contributed by atoms with E-state index in [0.29, 0.717) is 13.2 Å². The van der Waals surface area contributed by atoms with Gasteiger partial charge in [0.15, 0.2) is 0 Å². The van der Waals surface area contributed by atoms with Crippen molar-refractivity contribution in [2.75, 3.05) is 0 Å². The van der Waals surface area contributed by atoms with Crippen molar-refractivity contribution in [1.29, 1.82) is 0 Å². The lowest BCUT2D eigenvalue weighted by molar-refractivity contribution is 0.274. The van der Waals surface area contributed by atoms with Gasteiger partial charge >= 0.3 is 0 Å². The highest BCUT2D eigenvalue weighted by Crippen LogP contribution is 2.55. The van der Waals surface area contributed by atoms with E-state index in [1.165, 1.54) is 33.4 Å². The number of ether oxygens (including phenoxy) is 2. The molecule has 4 atom stereocenters. The van der Waals surface area contributed by atoms with Crippen LogP contribution in [0.25, 0.3) is 11.5 Å². The minimum Gasteiger partial charge on any atom is -0.488 e. The zero-order valence-electron chi connectivity index (χ0n) is 15.0. The SMILES string of the molecule is N[C@@H]1C(=C2OCc3ccccc32)[C@@H]2C[C@H]1C(=C1OCc3ccccc31)[C@H]2N. The van der Waals surface area contributed by atoms with Crippen molar-refractivity contribution >= 4 is 11.5 Å². The highest BCUT2D eigenvalue weighted by atomic mass is 16.5. The Morgan fingerprint density at radius 3 is 1.59 bits per heavy atom. The van der Waals surface area contributed by atoms with Crippen LogP contribution in [0.15, 0.2) is 59.7 Å². The summed E-state index contributed by atoms with van der Waals surface area (Å²) in [6, 6.07) is 16.6. The Labute approximate surface area is 158 Å². The first-order valence-electron chi connectivity index (χ1n) is 9.65. The summed E-state index contributed by atoms with van der Waals surface area (Å²) in [5.74, 6) is 2.39. The van der Waals surface area contributed by atoms with Gasteiger partial charge < -0.3 is 20.9 Å². The number of nitrogens with two attached hydrogens (primary N) is 2. The van der Waals surface area contributed by atoms with Crippen LogP contribution >= 0.6 is 0 Å². The first-order chi connectivity index (χ1) is 13.2. The van der Waals surface area contributed by atoms with Crippen LogP contribution in [0.3, 0.4) is 0 Å². The van der Waals surface area contributed by atoms with E-state index in [4.69, 9.17) is 20.9 Å². The van der Waals surface area contributed by atoms with E-state index < -0.39 is 0 Å². The fourth-order valence-corrected chi connectivity index (χ4v) is 5.44. The van der Waals surface area contributed by atoms with Crippen molar-refractivity contribution in [1.82, 2.24) is 0 Å². The second-order valence-corrected chi connectivity index (χ2v) is 7.96. The predicted octanol–water partition coefficient (Wildman–Crippen LogP) is 3.17. The molecule has 2 aromatic rings. The second kappa shape index (κ2) is 5.47. The summed E-state index contributed by atoms with van der Waals surface area (Å²) in [5.41, 5.74) is 20.7. The van der Waals surface area contributed by atoms with Gasteiger partial charge in [0.25, 0.3) is 0 Å². The molecule has 2 heterocycles. The smallest absolute Gasteiger partial charge is 0.128 e. The van der Waals surface area contributed by atoms with Gasteiger partial charge in [0.2, 0.25) is 0 Å². The topological polar surface area (TPSA) is 70.5 Å². The summed E-state index contributed by atoms with van der Waals surface area (Å²) in [4.78, 5) is 0. The predicted molar refractivity (Wildman–Crippen MR) is 104 cm³/mol. The van der Waals surface area contributed by atoms with Gasteiger partial charge in [-0.1, -0.05) is 48.5 Å². The van der Waals surface area contributed by atoms with Crippen molar-refractivity contribution in [3.05, 3.63) is 81.9 Å². The van der Waals surface area contributed by atoms with Crippen molar-refractivity contribution in [2.24, 2.45) is 23.3 Å². The van der Waals surface area contributed by atoms with Crippen LogP contribution in [-0.4, -0.2) is 12.1 Å². The standard InChI is InChI=1S/C23H22N2O2/c24-20-17-9-16(18(20)22-14-7-3-1-5-12(14)10-26-22)21(25)19(17)23-15-8-4-2-6-13(15)11-27-23/h1-8,16-17,20-21H,9-11,24-25H2/t16-,17-,20-,21-/m0/s1. The van der Waals surface area contributed by atoms with E-state index in [1.807, 2.05) is 0 Å². The number of fused-ring (bicyclic) bond motifs is 4. The minimum atomic E-state index is -0.0604. The van der Waals surface area contributed by atoms with E-state index >= 15 is 0 Å². The van der Waals surface area contributed by atoms with E-state index in [-0.39, 0.29) is 23.9 Å². The van der Waals surface area contributed by atoms with Crippen LogP contribution in [0.1, 0.15) is 28.7 Å². The molecule has 2 bridgehead atoms. The van der Waals surface area contributed by atoms with E-state index in [0.717, 1.165) is 17.9 Å². The molecule has 0 unspecified atom stereocenters. The zero-order valence-corrected chi connectivity index (χ0v) is 15.0. The molecular formula is C23H22N2O2. The summed E-state index contributed by atoms with van der Waals surface area (Å²) in [6.45, 7) is 1.25. The average molecular weight is 358 g/mol. The Morgan fingerprint density at radius 1 is 0.667 bits per heavy atom. The largest absolute Gasteiger partial charge is 0.488 e. The van der Waals surface area contributed by atoms with Crippen LogP contribution in [0.5, 0.6) is 0 Å². The van der Waals surface area contributed by atoms with Crippen LogP contribution in [-0.2, 0) is 22.7 Å². The molecule has 2 aromatic carbocycles. The molecule has 4 N–H and O–H groups in total. The Morgan fingerprint density at radius 2 is 1.11 bits per heavy atom. The van der Waals surface area contributed by atoms with E-state index in [1.54, 1.807) is 0 Å². The second-order valence-electron chi connectivity index (χ2n) is 7.96. The molecule has 0 aromatic heterocycles. The normalized spacial score (nSPS) is 35.8. The van der Waals surface area contributed by atoms with Gasteiger partial charge in [-0.2, -0.15) is 0 Å².